The van der Waals surface area contributed by atoms with Crippen molar-refractivity contribution >= 4 is 23.6 Å². The second-order valence-corrected chi connectivity index (χ2v) is 6.47. The lowest BCUT2D eigenvalue weighted by atomic mass is 10.1. The van der Waals surface area contributed by atoms with Gasteiger partial charge in [-0.25, -0.2) is 0 Å². The smallest absolute Gasteiger partial charge is 0.266 e. The van der Waals surface area contributed by atoms with Crippen molar-refractivity contribution in [2.24, 2.45) is 0 Å². The Morgan fingerprint density at radius 1 is 1.07 bits per heavy atom. The first-order chi connectivity index (χ1) is 14.0. The van der Waals surface area contributed by atoms with E-state index in [4.69, 9.17) is 4.74 Å². The maximum atomic E-state index is 12.3. The number of aromatic carboxylic acids is 1. The summed E-state index contributed by atoms with van der Waals surface area (Å²) in [5, 5.41) is 22.6. The van der Waals surface area contributed by atoms with E-state index in [1.54, 1.807) is 24.3 Å². The van der Waals surface area contributed by atoms with Crippen LogP contribution in [0.2, 0.25) is 0 Å². The third kappa shape index (κ3) is 7.15. The lowest BCUT2D eigenvalue weighted by Crippen LogP contribution is -2.22. The minimum atomic E-state index is -1.30. The zero-order valence-corrected chi connectivity index (χ0v) is 16.3. The molecule has 0 aliphatic rings. The number of nitrogens with one attached hydrogen (secondary N) is 1. The molecule has 0 saturated heterocycles. The van der Waals surface area contributed by atoms with Gasteiger partial charge in [-0.15, -0.1) is 0 Å². The van der Waals surface area contributed by atoms with E-state index in [9.17, 15) is 20.0 Å². The number of ether oxygens (including phenoxy) is 1. The summed E-state index contributed by atoms with van der Waals surface area (Å²) in [6.45, 7) is 2.83. The summed E-state index contributed by atoms with van der Waals surface area (Å²) in [5.41, 5.74) is 1.02. The van der Waals surface area contributed by atoms with Crippen LogP contribution in [0.4, 0.5) is 5.69 Å². The van der Waals surface area contributed by atoms with Crippen molar-refractivity contribution in [1.82, 2.24) is 0 Å². The number of amides is 1. The molecule has 6 nitrogen and oxygen atoms in total. The molecular formula is C23H23N2O4-. The van der Waals surface area contributed by atoms with Crippen molar-refractivity contribution in [2.75, 3.05) is 11.9 Å². The van der Waals surface area contributed by atoms with E-state index < -0.39 is 11.9 Å². The SMILES string of the molecule is CCCCCCOc1ccc(/C=C(\C#N)C(=O)Nc2ccc(C(=O)[O-])cc2)cc1. The van der Waals surface area contributed by atoms with Gasteiger partial charge in [0.25, 0.3) is 5.91 Å². The van der Waals surface area contributed by atoms with Crippen LogP contribution in [0.3, 0.4) is 0 Å². The lowest BCUT2D eigenvalue weighted by Gasteiger charge is -2.07. The third-order valence-corrected chi connectivity index (χ3v) is 4.20. The molecule has 1 N–H and O–H groups in total. The molecule has 0 heterocycles. The molecule has 0 saturated carbocycles. The number of hydrogen-bond acceptors (Lipinski definition) is 5. The fraction of sp³-hybridized carbons (Fsp3) is 0.261. The molecule has 2 aromatic rings. The average molecular weight is 391 g/mol. The van der Waals surface area contributed by atoms with Crippen LogP contribution in [0.15, 0.2) is 54.1 Å². The lowest BCUT2D eigenvalue weighted by molar-refractivity contribution is -0.255. The maximum Gasteiger partial charge on any atom is 0.266 e. The van der Waals surface area contributed by atoms with E-state index in [1.807, 2.05) is 6.07 Å². The van der Waals surface area contributed by atoms with Crippen LogP contribution >= 0.6 is 0 Å². The topological polar surface area (TPSA) is 102 Å². The van der Waals surface area contributed by atoms with Crippen LogP contribution < -0.4 is 15.2 Å². The van der Waals surface area contributed by atoms with Gasteiger partial charge in [-0.1, -0.05) is 50.5 Å². The zero-order valence-electron chi connectivity index (χ0n) is 16.3. The highest BCUT2D eigenvalue weighted by atomic mass is 16.5. The number of benzene rings is 2. The second kappa shape index (κ2) is 11.3. The van der Waals surface area contributed by atoms with Gasteiger partial charge in [0.05, 0.1) is 12.6 Å². The number of hydrogen-bond donors (Lipinski definition) is 1. The fourth-order valence-corrected chi connectivity index (χ4v) is 2.58. The molecule has 0 aliphatic heterocycles. The molecule has 2 rings (SSSR count). The molecule has 0 aliphatic carbocycles. The molecule has 0 aromatic heterocycles. The summed E-state index contributed by atoms with van der Waals surface area (Å²) < 4.78 is 5.68. The number of carbonyl (C=O) groups is 2. The number of rotatable bonds is 10. The summed E-state index contributed by atoms with van der Waals surface area (Å²) in [6, 6.07) is 14.6. The van der Waals surface area contributed by atoms with Crippen LogP contribution in [0.1, 0.15) is 48.5 Å². The molecule has 6 heteroatoms. The predicted octanol–water partition coefficient (Wildman–Crippen LogP) is 3.55. The Hall–Kier alpha value is -3.59. The van der Waals surface area contributed by atoms with Crippen molar-refractivity contribution in [3.8, 4) is 11.8 Å². The van der Waals surface area contributed by atoms with Gasteiger partial charge < -0.3 is 20.0 Å². The molecule has 0 fully saturated rings. The first-order valence-corrected chi connectivity index (χ1v) is 9.51. The number of carbonyl (C=O) groups excluding carboxylic acids is 2. The third-order valence-electron chi connectivity index (χ3n) is 4.20. The fourth-order valence-electron chi connectivity index (χ4n) is 2.58. The molecule has 0 atom stereocenters. The van der Waals surface area contributed by atoms with E-state index in [0.29, 0.717) is 17.9 Å². The predicted molar refractivity (Wildman–Crippen MR) is 109 cm³/mol. The van der Waals surface area contributed by atoms with E-state index in [2.05, 4.69) is 12.2 Å². The van der Waals surface area contributed by atoms with E-state index in [0.717, 1.165) is 18.6 Å². The molecule has 2 aromatic carbocycles. The first kappa shape index (κ1) is 21.7. The van der Waals surface area contributed by atoms with Crippen molar-refractivity contribution in [3.05, 3.63) is 65.2 Å². The van der Waals surface area contributed by atoms with Gasteiger partial charge in [0.15, 0.2) is 0 Å². The van der Waals surface area contributed by atoms with Crippen LogP contribution in [0.25, 0.3) is 6.08 Å². The van der Waals surface area contributed by atoms with Gasteiger partial charge >= 0.3 is 0 Å². The standard InChI is InChI=1S/C23H24N2O4/c1-2-3-4-5-14-29-21-12-6-17(7-13-21)15-19(16-24)22(26)25-20-10-8-18(9-11-20)23(27)28/h6-13,15H,2-5,14H2,1H3,(H,25,26)(H,27,28)/p-1/b19-15+. The summed E-state index contributed by atoms with van der Waals surface area (Å²) in [4.78, 5) is 23.1. The Balaban J connectivity index is 1.96. The Kier molecular flexibility index (Phi) is 8.46. The van der Waals surface area contributed by atoms with Crippen molar-refractivity contribution in [2.45, 2.75) is 32.6 Å². The number of nitrogens with zero attached hydrogens (tertiary/aromatic N) is 1. The molecule has 150 valence electrons. The number of unbranched alkanes of at least 4 members (excludes halogenated alkanes) is 3. The monoisotopic (exact) mass is 391 g/mol. The van der Waals surface area contributed by atoms with Crippen LogP contribution in [0, 0.1) is 11.3 Å². The Bertz CT molecular complexity index is 894. The van der Waals surface area contributed by atoms with E-state index in [-0.39, 0.29) is 11.1 Å². The molecular weight excluding hydrogens is 368 g/mol. The molecule has 0 radical (unpaired) electrons. The first-order valence-electron chi connectivity index (χ1n) is 9.51. The van der Waals surface area contributed by atoms with E-state index in [1.165, 1.54) is 43.2 Å². The minimum Gasteiger partial charge on any atom is -0.545 e. The molecule has 0 bridgehead atoms. The molecule has 1 amide bonds. The van der Waals surface area contributed by atoms with Gasteiger partial charge in [0, 0.05) is 5.69 Å². The van der Waals surface area contributed by atoms with Crippen molar-refractivity contribution in [1.29, 1.82) is 5.26 Å². The maximum absolute atomic E-state index is 12.3. The normalized spacial score (nSPS) is 10.8. The van der Waals surface area contributed by atoms with Gasteiger partial charge in [-0.2, -0.15) is 5.26 Å². The number of anilines is 1. The Morgan fingerprint density at radius 3 is 2.34 bits per heavy atom. The highest BCUT2D eigenvalue weighted by molar-refractivity contribution is 6.09. The highest BCUT2D eigenvalue weighted by Crippen LogP contribution is 2.16. The summed E-state index contributed by atoms with van der Waals surface area (Å²) in [7, 11) is 0. The van der Waals surface area contributed by atoms with Gasteiger partial charge in [0.1, 0.15) is 17.4 Å². The van der Waals surface area contributed by atoms with Crippen LogP contribution in [0.5, 0.6) is 5.75 Å². The number of nitriles is 1. The zero-order chi connectivity index (χ0) is 21.1. The quantitative estimate of drug-likeness (QED) is 0.379. The van der Waals surface area contributed by atoms with Crippen LogP contribution in [-0.2, 0) is 4.79 Å². The number of carboxylic acid groups (broad SMARTS) is 1. The molecule has 0 unspecified atom stereocenters. The summed E-state index contributed by atoms with van der Waals surface area (Å²) >= 11 is 0. The Morgan fingerprint density at radius 2 is 1.76 bits per heavy atom. The summed E-state index contributed by atoms with van der Waals surface area (Å²) in [5.74, 6) is -1.13. The average Bonchev–Trinajstić information content (AvgIpc) is 2.73. The molecule has 0 spiro atoms. The largest absolute Gasteiger partial charge is 0.545 e. The van der Waals surface area contributed by atoms with Gasteiger partial charge in [-0.05, 0) is 47.9 Å². The van der Waals surface area contributed by atoms with E-state index >= 15 is 0 Å². The highest BCUT2D eigenvalue weighted by Gasteiger charge is 2.10. The minimum absolute atomic E-state index is 0.00622. The van der Waals surface area contributed by atoms with Gasteiger partial charge in [0.2, 0.25) is 0 Å². The molecule has 29 heavy (non-hydrogen) atoms. The second-order valence-electron chi connectivity index (χ2n) is 6.47. The van der Waals surface area contributed by atoms with Crippen molar-refractivity contribution < 1.29 is 19.4 Å². The Labute approximate surface area is 170 Å². The van der Waals surface area contributed by atoms with Crippen molar-refractivity contribution in [3.63, 3.8) is 0 Å². The van der Waals surface area contributed by atoms with Crippen LogP contribution in [-0.4, -0.2) is 18.5 Å². The number of carboxylic acids is 1. The summed E-state index contributed by atoms with van der Waals surface area (Å²) in [6.07, 6.45) is 6.02. The van der Waals surface area contributed by atoms with Gasteiger partial charge in [-0.3, -0.25) is 4.79 Å².